The summed E-state index contributed by atoms with van der Waals surface area (Å²) in [5.74, 6) is 0.281. The molecule has 4 aromatic heterocycles. The Labute approximate surface area is 675 Å². The van der Waals surface area contributed by atoms with Gasteiger partial charge in [-0.2, -0.15) is 0 Å². The first-order chi connectivity index (χ1) is 55.6. The van der Waals surface area contributed by atoms with Gasteiger partial charge in [0.2, 0.25) is 25.3 Å². The van der Waals surface area contributed by atoms with E-state index in [1.165, 1.54) is 5.69 Å². The Morgan fingerprint density at radius 3 is 0.774 bits per heavy atom. The highest BCUT2D eigenvalue weighted by Crippen LogP contribution is 2.40. The average Bonchev–Trinajstić information content (AvgIpc) is 1.19. The van der Waals surface area contributed by atoms with Crippen molar-refractivity contribution in [1.82, 2.24) is 18.3 Å². The van der Waals surface area contributed by atoms with Crippen molar-refractivity contribution < 1.29 is 33.6 Å². The molecule has 9 aromatic carbocycles. The summed E-state index contributed by atoms with van der Waals surface area (Å²) < 4.78 is 16.9. The van der Waals surface area contributed by atoms with Crippen LogP contribution in [0.15, 0.2) is 257 Å². The van der Waals surface area contributed by atoms with E-state index in [4.69, 9.17) is 17.2 Å². The van der Waals surface area contributed by atoms with Crippen LogP contribution in [0.25, 0.3) is 0 Å². The van der Waals surface area contributed by atoms with Crippen LogP contribution in [0.5, 0.6) is 17.2 Å². The number of nitrogen functional groups attached to an aromatic ring is 3. The van der Waals surface area contributed by atoms with Gasteiger partial charge in [-0.25, -0.2) is 36.5 Å². The maximum absolute atomic E-state index is 10.6. The predicted octanol–water partition coefficient (Wildman–Crippen LogP) is 15.2. The number of anilines is 21. The topological polar surface area (TPSA) is 301 Å². The summed E-state index contributed by atoms with van der Waals surface area (Å²) in [7, 11) is 12.1. The number of aryl methyl sites for hydroxylation is 8. The first-order valence-electron chi connectivity index (χ1n) is 39.1. The van der Waals surface area contributed by atoms with Crippen LogP contribution in [-0.4, -0.2) is 86.4 Å². The molecule has 26 nitrogen and oxygen atoms in total. The summed E-state index contributed by atoms with van der Waals surface area (Å²) >= 11 is 0. The first kappa shape index (κ1) is 82.2. The molecule has 0 amide bonds. The molecule has 600 valence electrons. The summed E-state index contributed by atoms with van der Waals surface area (Å²) in [5, 5.41) is 65.3. The van der Waals surface area contributed by atoms with Crippen molar-refractivity contribution in [3.8, 4) is 17.2 Å². The number of benzene rings is 9. The average molecular weight is 1560 g/mol. The molecule has 0 aliphatic heterocycles. The Morgan fingerprint density at radius 1 is 0.330 bits per heavy atom. The quantitative estimate of drug-likeness (QED) is 0.00571. The highest BCUT2D eigenvalue weighted by atomic mass is 16.3. The van der Waals surface area contributed by atoms with Crippen molar-refractivity contribution in [1.29, 1.82) is 0 Å². The molecule has 115 heavy (non-hydrogen) atoms. The molecular formula is C89H115N23O3+4. The molecule has 13 aromatic rings. The maximum Gasteiger partial charge on any atom is 0.243 e. The summed E-state index contributed by atoms with van der Waals surface area (Å²) in [6, 6.07) is 59.2. The second-order valence-corrected chi connectivity index (χ2v) is 29.2. The molecule has 0 saturated heterocycles. The second-order valence-electron chi connectivity index (χ2n) is 29.2. The fourth-order valence-electron chi connectivity index (χ4n) is 13.0. The van der Waals surface area contributed by atoms with E-state index < -0.39 is 0 Å². The number of hydrogen-bond donors (Lipinski definition) is 16. The smallest absolute Gasteiger partial charge is 0.243 e. The number of imidazole rings is 4. The molecule has 0 bridgehead atoms. The van der Waals surface area contributed by atoms with Gasteiger partial charge in [0.15, 0.2) is 0 Å². The summed E-state index contributed by atoms with van der Waals surface area (Å²) in [5.41, 5.74) is 35.8. The summed E-state index contributed by atoms with van der Waals surface area (Å²) in [6.45, 7) is 14.9. The predicted molar refractivity (Wildman–Crippen MR) is 473 cm³/mol. The van der Waals surface area contributed by atoms with Gasteiger partial charge < -0.3 is 95.5 Å². The third-order valence-electron chi connectivity index (χ3n) is 19.2. The monoisotopic (exact) mass is 1550 g/mol. The van der Waals surface area contributed by atoms with Gasteiger partial charge in [-0.15, -0.1) is 0 Å². The van der Waals surface area contributed by atoms with Gasteiger partial charge in [-0.3, -0.25) is 0 Å². The minimum absolute atomic E-state index is 0.0897. The lowest BCUT2D eigenvalue weighted by atomic mass is 10.2. The van der Waals surface area contributed by atoms with Gasteiger partial charge in [0.05, 0.1) is 106 Å². The Bertz CT molecular complexity index is 5040. The van der Waals surface area contributed by atoms with Crippen LogP contribution in [0.2, 0.25) is 0 Å². The largest absolute Gasteiger partial charge is 0.506 e. The number of aromatic hydroxyl groups is 3. The van der Waals surface area contributed by atoms with E-state index in [2.05, 4.69) is 159 Å². The number of nitrogens with one attached hydrogen (secondary N) is 10. The van der Waals surface area contributed by atoms with Crippen LogP contribution in [0, 0.1) is 0 Å². The molecule has 26 heteroatoms. The number of nitrogens with zero attached hydrogens (tertiary/aromatic N) is 10. The van der Waals surface area contributed by atoms with Gasteiger partial charge in [0.25, 0.3) is 0 Å². The van der Waals surface area contributed by atoms with Gasteiger partial charge in [0, 0.05) is 165 Å². The zero-order chi connectivity index (χ0) is 81.2. The van der Waals surface area contributed by atoms with Crippen LogP contribution >= 0.6 is 0 Å². The standard InChI is InChI=1S/C32H40N9O.C30H39N7O.C27H33N7O/c1-38-17-19-40(23-38)15-3-13-34-25-5-9-27(10-6-25)36-30-22-31(32(42)21-29(30)33)37-28-11-7-26(8-12-28)35-14-4-16-41-20-18-39(2)24-41;1-5-37(22(2)3)26-13-11-25(12-14-26)33-28-20-29(30(38)19-27(28)31)34-24-9-7-23(8-10-24)32-15-6-16-36-18-17-35(4)21-36;1-32(2)23-11-9-22(10-12-23)30-25-18-26(27(35)17-24(25)28)31-21-7-5-20(6-8-21)29-13-4-14-34-16-15-33(3)19-34/h5-12,17-24,34-37H,3-4,13-16,33H2,1-2H3;7-14,17-22,32-34H,5-6,15-16,31H2,1-4H3;5-12,15-19,29-31H,4,13-14,28H2,1-3H3/q+1;;/p+3. The normalized spacial score (nSPS) is 10.9. The lowest BCUT2D eigenvalue weighted by Gasteiger charge is -2.27. The van der Waals surface area contributed by atoms with Crippen LogP contribution in [0.1, 0.15) is 46.5 Å². The van der Waals surface area contributed by atoms with Gasteiger partial charge >= 0.3 is 0 Å². The molecule has 0 atom stereocenters. The molecule has 19 N–H and O–H groups in total. The molecule has 0 saturated carbocycles. The number of nitrogens with two attached hydrogens (primary N) is 3. The molecule has 0 aliphatic carbocycles. The van der Waals surface area contributed by atoms with E-state index in [1.54, 1.807) is 18.2 Å². The molecule has 0 spiro atoms. The highest BCUT2D eigenvalue weighted by molar-refractivity contribution is 5.85. The van der Waals surface area contributed by atoms with Crippen molar-refractivity contribution in [3.63, 3.8) is 0 Å². The lowest BCUT2D eigenvalue weighted by molar-refractivity contribution is -0.671. The molecule has 4 heterocycles. The fourth-order valence-corrected chi connectivity index (χ4v) is 13.0. The number of rotatable bonds is 36. The lowest BCUT2D eigenvalue weighted by Crippen LogP contribution is -2.30. The Kier molecular flexibility index (Phi) is 28.9. The first-order valence-corrected chi connectivity index (χ1v) is 39.1. The van der Waals surface area contributed by atoms with Crippen molar-refractivity contribution in [3.05, 3.63) is 257 Å². The number of hydrogen-bond acceptors (Lipinski definition) is 18. The zero-order valence-corrected chi connectivity index (χ0v) is 67.6. The molecule has 0 radical (unpaired) electrons. The van der Waals surface area contributed by atoms with Crippen molar-refractivity contribution in [2.45, 2.75) is 78.7 Å². The zero-order valence-electron chi connectivity index (χ0n) is 67.6. The summed E-state index contributed by atoms with van der Waals surface area (Å²) in [4.78, 5) is 4.39. The Hall–Kier alpha value is -13.8. The van der Waals surface area contributed by atoms with Crippen molar-refractivity contribution in [2.24, 2.45) is 28.2 Å². The maximum atomic E-state index is 10.6. The van der Waals surface area contributed by atoms with E-state index in [9.17, 15) is 15.3 Å². The molecule has 13 rings (SSSR count). The van der Waals surface area contributed by atoms with E-state index in [0.29, 0.717) is 45.9 Å². The van der Waals surface area contributed by atoms with Crippen molar-refractivity contribution in [2.75, 3.05) is 127 Å². The number of aromatic nitrogens is 8. The fraction of sp³-hybridized carbons (Fsp3) is 0.258. The minimum Gasteiger partial charge on any atom is -0.506 e. The molecule has 0 fully saturated rings. The van der Waals surface area contributed by atoms with Crippen LogP contribution in [-0.2, 0) is 54.4 Å². The van der Waals surface area contributed by atoms with Gasteiger partial charge in [-0.1, -0.05) is 0 Å². The molecule has 0 unspecified atom stereocenters. The number of phenols is 3. The SMILES string of the molecule is CCN(c1ccc(Nc2cc(Nc3ccc(NCCCn4cc[n+](C)c4)cc3)c(O)cc2N)cc1)C(C)C.CN(C)c1ccc(Nc2cc(Nc3ccc(NCCCn4cc[n+](C)c4)cc3)c(O)cc2N)cc1.C[n+]1ccn(CCCNc2ccc(Nc3cc(Nc4ccc(NCCCn5cc[n+](C)c5)cc4)c(O)cc3N)cc2)c1. The minimum atomic E-state index is 0.0897. The molecule has 0 aliphatic rings. The van der Waals surface area contributed by atoms with Crippen LogP contribution < -0.4 is 98.4 Å². The van der Waals surface area contributed by atoms with E-state index in [1.807, 2.05) is 242 Å². The van der Waals surface area contributed by atoms with E-state index in [-0.39, 0.29) is 17.2 Å². The van der Waals surface area contributed by atoms with Gasteiger partial charge in [-0.05, 0) is 185 Å². The molecular weight excluding hydrogens is 1440 g/mol. The summed E-state index contributed by atoms with van der Waals surface area (Å²) in [6.07, 6.45) is 28.9. The second kappa shape index (κ2) is 40.4. The van der Waals surface area contributed by atoms with Crippen LogP contribution in [0.4, 0.5) is 119 Å². The highest BCUT2D eigenvalue weighted by Gasteiger charge is 2.16. The Balaban J connectivity index is 0.000000171. The van der Waals surface area contributed by atoms with E-state index >= 15 is 0 Å². The van der Waals surface area contributed by atoms with Crippen molar-refractivity contribution >= 4 is 119 Å². The van der Waals surface area contributed by atoms with Crippen LogP contribution in [0.3, 0.4) is 0 Å². The third kappa shape index (κ3) is 25.1. The van der Waals surface area contributed by atoms with E-state index in [0.717, 1.165) is 159 Å². The number of phenolic OH excluding ortho intramolecular Hbond substituents is 3. The van der Waals surface area contributed by atoms with Gasteiger partial charge in [0.1, 0.15) is 66.8 Å². The third-order valence-corrected chi connectivity index (χ3v) is 19.2. The Morgan fingerprint density at radius 2 is 0.557 bits per heavy atom.